The number of rotatable bonds is 2. The van der Waals surface area contributed by atoms with Crippen molar-refractivity contribution < 1.29 is 26.2 Å². The van der Waals surface area contributed by atoms with Gasteiger partial charge in [0.1, 0.15) is 12.9 Å². The average Bonchev–Trinajstić information content (AvgIpc) is 2.73. The van der Waals surface area contributed by atoms with Gasteiger partial charge in [-0.15, -0.1) is 0 Å². The smallest absolute Gasteiger partial charge is 0.418 e. The molecule has 1 heterocycles. The first-order chi connectivity index (χ1) is 12.0. The predicted molar refractivity (Wildman–Crippen MR) is 95.9 cm³/mol. The number of allylic oxidation sites excluding steroid dienone is 1. The van der Waals surface area contributed by atoms with Crippen molar-refractivity contribution >= 4 is 24.7 Å². The molecular formula is C19H19BF5N. The van der Waals surface area contributed by atoms with Crippen LogP contribution in [0.3, 0.4) is 0 Å². The molecule has 2 aromatic rings. The molecule has 0 bridgehead atoms. The maximum Gasteiger partial charge on any atom is 0.673 e. The van der Waals surface area contributed by atoms with Crippen molar-refractivity contribution in [3.05, 3.63) is 71.6 Å². The first-order valence-corrected chi connectivity index (χ1v) is 8.02. The summed E-state index contributed by atoms with van der Waals surface area (Å²) in [7, 11) is -3.94. The van der Waals surface area contributed by atoms with Crippen LogP contribution in [0.15, 0.2) is 54.6 Å². The lowest BCUT2D eigenvalue weighted by Gasteiger charge is -2.15. The maximum absolute atomic E-state index is 13.7. The summed E-state index contributed by atoms with van der Waals surface area (Å²) in [6.07, 6.45) is 3.88. The SMILES string of the molecule is C[N+]1=C(/C=C/c2ccccc2F)C(C)(C)c2ccccc21.F[B-](F)(F)F. The maximum atomic E-state index is 13.7. The van der Waals surface area contributed by atoms with Gasteiger partial charge in [-0.05, 0) is 26.0 Å². The summed E-state index contributed by atoms with van der Waals surface area (Å²) in [6, 6.07) is 15.3. The summed E-state index contributed by atoms with van der Waals surface area (Å²) < 4.78 is 54.9. The largest absolute Gasteiger partial charge is 0.673 e. The van der Waals surface area contributed by atoms with Crippen molar-refractivity contribution in [1.29, 1.82) is 0 Å². The summed E-state index contributed by atoms with van der Waals surface area (Å²) in [5.41, 5.74) is 4.24. The Hall–Kier alpha value is -2.44. The minimum atomic E-state index is -6.00. The number of benzene rings is 2. The number of nitrogens with zero attached hydrogens (tertiary/aromatic N) is 1. The quantitative estimate of drug-likeness (QED) is 0.356. The van der Waals surface area contributed by atoms with Crippen molar-refractivity contribution in [3.8, 4) is 0 Å². The van der Waals surface area contributed by atoms with E-state index in [0.29, 0.717) is 5.56 Å². The van der Waals surface area contributed by atoms with Gasteiger partial charge >= 0.3 is 7.25 Å². The van der Waals surface area contributed by atoms with Crippen LogP contribution in [-0.2, 0) is 5.41 Å². The Morgan fingerprint density at radius 3 is 2.00 bits per heavy atom. The third-order valence-electron chi connectivity index (χ3n) is 4.27. The van der Waals surface area contributed by atoms with E-state index < -0.39 is 7.25 Å². The fourth-order valence-corrected chi connectivity index (χ4v) is 3.08. The molecule has 0 fully saturated rings. The van der Waals surface area contributed by atoms with E-state index >= 15 is 0 Å². The predicted octanol–water partition coefficient (Wildman–Crippen LogP) is 5.85. The lowest BCUT2D eigenvalue weighted by atomic mass is 9.81. The van der Waals surface area contributed by atoms with Crippen LogP contribution in [0.4, 0.5) is 27.3 Å². The normalized spacial score (nSPS) is 15.7. The molecule has 0 saturated heterocycles. The summed E-state index contributed by atoms with van der Waals surface area (Å²) >= 11 is 0. The van der Waals surface area contributed by atoms with E-state index in [0.717, 1.165) is 0 Å². The zero-order valence-electron chi connectivity index (χ0n) is 14.7. The zero-order valence-corrected chi connectivity index (χ0v) is 14.7. The molecule has 26 heavy (non-hydrogen) atoms. The lowest BCUT2D eigenvalue weighted by Crippen LogP contribution is -2.26. The fourth-order valence-electron chi connectivity index (χ4n) is 3.08. The van der Waals surface area contributed by atoms with Crippen molar-refractivity contribution in [2.45, 2.75) is 19.3 Å². The van der Waals surface area contributed by atoms with Gasteiger partial charge in [-0.3, -0.25) is 0 Å². The van der Waals surface area contributed by atoms with E-state index in [1.165, 1.54) is 23.0 Å². The molecule has 7 heteroatoms. The average molecular weight is 367 g/mol. The highest BCUT2D eigenvalue weighted by Crippen LogP contribution is 2.39. The van der Waals surface area contributed by atoms with E-state index in [9.17, 15) is 21.7 Å². The number of hydrogen-bond acceptors (Lipinski definition) is 0. The standard InChI is InChI=1S/C19H19FN.BF4/c1-19(2)15-9-5-7-11-17(15)21(3)18(19)13-12-14-8-4-6-10-16(14)20;2-1(3,4)5/h4-13H,1-3H3;/q+1;-1/b13-12+;. The molecule has 0 aromatic heterocycles. The molecule has 1 aliphatic heterocycles. The summed E-state index contributed by atoms with van der Waals surface area (Å²) in [6.45, 7) is 4.41. The van der Waals surface area contributed by atoms with Crippen molar-refractivity contribution in [2.24, 2.45) is 0 Å². The first kappa shape index (κ1) is 19.9. The molecule has 138 valence electrons. The van der Waals surface area contributed by atoms with Gasteiger partial charge in [0, 0.05) is 23.3 Å². The van der Waals surface area contributed by atoms with Gasteiger partial charge in [-0.2, -0.15) is 4.58 Å². The topological polar surface area (TPSA) is 3.01 Å². The molecule has 0 amide bonds. The second-order valence-corrected chi connectivity index (χ2v) is 6.44. The van der Waals surface area contributed by atoms with Crippen LogP contribution in [0.5, 0.6) is 0 Å². The van der Waals surface area contributed by atoms with Gasteiger partial charge in [0.05, 0.1) is 5.41 Å². The van der Waals surface area contributed by atoms with E-state index in [1.807, 2.05) is 18.2 Å². The van der Waals surface area contributed by atoms with Crippen LogP contribution in [0.2, 0.25) is 0 Å². The second-order valence-electron chi connectivity index (χ2n) is 6.44. The zero-order chi connectivity index (χ0) is 19.5. The molecular weight excluding hydrogens is 348 g/mol. The molecule has 0 unspecified atom stereocenters. The van der Waals surface area contributed by atoms with E-state index in [2.05, 4.69) is 49.7 Å². The van der Waals surface area contributed by atoms with Crippen molar-refractivity contribution in [2.75, 3.05) is 7.05 Å². The lowest BCUT2D eigenvalue weighted by molar-refractivity contribution is -0.401. The summed E-state index contributed by atoms with van der Waals surface area (Å²) in [5, 5.41) is 0. The Morgan fingerprint density at radius 1 is 0.885 bits per heavy atom. The monoisotopic (exact) mass is 367 g/mol. The van der Waals surface area contributed by atoms with Crippen LogP contribution in [0, 0.1) is 5.82 Å². The molecule has 2 aromatic carbocycles. The Morgan fingerprint density at radius 2 is 1.42 bits per heavy atom. The van der Waals surface area contributed by atoms with Gasteiger partial charge in [0.2, 0.25) is 5.69 Å². The molecule has 0 aliphatic carbocycles. The molecule has 0 radical (unpaired) electrons. The molecule has 0 N–H and O–H groups in total. The minimum Gasteiger partial charge on any atom is -0.418 e. The van der Waals surface area contributed by atoms with Crippen molar-refractivity contribution in [1.82, 2.24) is 0 Å². The van der Waals surface area contributed by atoms with Gasteiger partial charge in [0.25, 0.3) is 0 Å². The summed E-state index contributed by atoms with van der Waals surface area (Å²) in [4.78, 5) is 0. The Balaban J connectivity index is 0.000000431. The molecule has 0 spiro atoms. The van der Waals surface area contributed by atoms with Crippen LogP contribution in [0.25, 0.3) is 6.08 Å². The number of hydrogen-bond donors (Lipinski definition) is 0. The Labute approximate surface area is 149 Å². The highest BCUT2D eigenvalue weighted by molar-refractivity contribution is 6.50. The van der Waals surface area contributed by atoms with Crippen LogP contribution in [-0.4, -0.2) is 24.6 Å². The van der Waals surface area contributed by atoms with E-state index in [-0.39, 0.29) is 11.2 Å². The molecule has 0 saturated carbocycles. The van der Waals surface area contributed by atoms with Crippen LogP contribution < -0.4 is 0 Å². The number of para-hydroxylation sites is 1. The van der Waals surface area contributed by atoms with Gasteiger partial charge in [-0.1, -0.05) is 36.4 Å². The van der Waals surface area contributed by atoms with Crippen molar-refractivity contribution in [3.63, 3.8) is 0 Å². The summed E-state index contributed by atoms with van der Waals surface area (Å²) in [5.74, 6) is -0.190. The number of halogens is 5. The molecule has 1 aliphatic rings. The van der Waals surface area contributed by atoms with Crippen LogP contribution >= 0.6 is 0 Å². The Kier molecular flexibility index (Phi) is 5.69. The highest BCUT2D eigenvalue weighted by atomic mass is 19.5. The minimum absolute atomic E-state index is 0.0763. The molecule has 1 nitrogen and oxygen atoms in total. The van der Waals surface area contributed by atoms with E-state index in [1.54, 1.807) is 12.1 Å². The van der Waals surface area contributed by atoms with Gasteiger partial charge in [0.15, 0.2) is 5.71 Å². The number of fused-ring (bicyclic) bond motifs is 1. The third kappa shape index (κ3) is 4.59. The van der Waals surface area contributed by atoms with Gasteiger partial charge in [-0.25, -0.2) is 4.39 Å². The molecule has 3 rings (SSSR count). The highest BCUT2D eigenvalue weighted by Gasteiger charge is 2.42. The third-order valence-corrected chi connectivity index (χ3v) is 4.27. The van der Waals surface area contributed by atoms with E-state index in [4.69, 9.17) is 0 Å². The van der Waals surface area contributed by atoms with Crippen LogP contribution in [0.1, 0.15) is 25.0 Å². The Bertz CT molecular complexity index is 847. The fraction of sp³-hybridized carbons (Fsp3) is 0.211. The first-order valence-electron chi connectivity index (χ1n) is 8.02. The second kappa shape index (κ2) is 7.44. The van der Waals surface area contributed by atoms with Gasteiger partial charge < -0.3 is 17.3 Å². The molecule has 0 atom stereocenters.